The number of fused-ring (bicyclic) bond motifs is 2. The number of hydrogen-bond donors (Lipinski definition) is 2. The van der Waals surface area contributed by atoms with Crippen molar-refractivity contribution < 1.29 is 36.2 Å². The molecule has 0 saturated heterocycles. The molecule has 0 atom stereocenters. The fourth-order valence-electron chi connectivity index (χ4n) is 4.92. The summed E-state index contributed by atoms with van der Waals surface area (Å²) in [5, 5.41) is 39.5. The van der Waals surface area contributed by atoms with E-state index in [-0.39, 0.29) is 104 Å². The number of nitrogens with zero attached hydrogens (tertiary/aromatic N) is 4. The van der Waals surface area contributed by atoms with Gasteiger partial charge < -0.3 is 19.3 Å². The SMILES string of the molecule is O=S(=O)([O-])c1cc(N=Nc2c(O)ccc3ccccc23)ccc1-c1ccc(N=Nc2c(O)ccc3ccccc23)cc1S(=O)(=O)[O-].[Na].[Na]. The maximum Gasteiger partial charge on any atom is 0.143 e. The molecule has 0 aliphatic carbocycles. The molecule has 0 unspecified atom stereocenters. The Kier molecular flexibility index (Phi) is 11.6. The molecular weight excluding hydrogens is 678 g/mol. The first-order valence-corrected chi connectivity index (χ1v) is 16.2. The summed E-state index contributed by atoms with van der Waals surface area (Å²) < 4.78 is 74.1. The van der Waals surface area contributed by atoms with Gasteiger partial charge in [0.1, 0.15) is 43.1 Å². The van der Waals surface area contributed by atoms with Gasteiger partial charge in [0.15, 0.2) is 0 Å². The maximum atomic E-state index is 12.4. The summed E-state index contributed by atoms with van der Waals surface area (Å²) in [4.78, 5) is -1.71. The van der Waals surface area contributed by atoms with Crippen LogP contribution in [-0.2, 0) is 20.2 Å². The van der Waals surface area contributed by atoms with Crippen molar-refractivity contribution in [1.82, 2.24) is 0 Å². The first-order chi connectivity index (χ1) is 21.9. The third-order valence-electron chi connectivity index (χ3n) is 7.05. The summed E-state index contributed by atoms with van der Waals surface area (Å²) in [6, 6.07) is 26.9. The smallest absolute Gasteiger partial charge is 0.143 e. The largest absolute Gasteiger partial charge is 0.744 e. The van der Waals surface area contributed by atoms with E-state index < -0.39 is 30.0 Å². The molecule has 0 bridgehead atoms. The molecule has 2 N–H and O–H groups in total. The van der Waals surface area contributed by atoms with Crippen LogP contribution >= 0.6 is 0 Å². The van der Waals surface area contributed by atoms with Gasteiger partial charge in [-0.15, -0.1) is 10.2 Å². The third kappa shape index (κ3) is 7.84. The molecule has 232 valence electrons. The minimum atomic E-state index is -5.24. The number of phenols is 2. The quantitative estimate of drug-likeness (QED) is 0.101. The van der Waals surface area contributed by atoms with E-state index in [1.54, 1.807) is 60.7 Å². The molecule has 12 nitrogen and oxygen atoms in total. The average molecular weight is 699 g/mol. The fraction of sp³-hybridized carbons (Fsp3) is 0. The topological polar surface area (TPSA) is 204 Å². The Morgan fingerprint density at radius 2 is 0.854 bits per heavy atom. The van der Waals surface area contributed by atoms with Crippen LogP contribution in [0.2, 0.25) is 0 Å². The molecule has 16 heteroatoms. The van der Waals surface area contributed by atoms with E-state index in [0.29, 0.717) is 10.8 Å². The second-order valence-electron chi connectivity index (χ2n) is 9.98. The Hall–Kier alpha value is -3.54. The minimum absolute atomic E-state index is 0. The van der Waals surface area contributed by atoms with Crippen LogP contribution < -0.4 is 0 Å². The van der Waals surface area contributed by atoms with Crippen molar-refractivity contribution in [1.29, 1.82) is 0 Å². The predicted octanol–water partition coefficient (Wildman–Crippen LogP) is 6.95. The molecule has 0 heterocycles. The zero-order valence-electron chi connectivity index (χ0n) is 25.3. The van der Waals surface area contributed by atoms with E-state index in [0.717, 1.165) is 35.0 Å². The van der Waals surface area contributed by atoms with E-state index >= 15 is 0 Å². The number of aromatic hydroxyl groups is 2. The van der Waals surface area contributed by atoms with Gasteiger partial charge >= 0.3 is 0 Å². The van der Waals surface area contributed by atoms with Gasteiger partial charge in [0, 0.05) is 81.0 Å². The minimum Gasteiger partial charge on any atom is -0.744 e. The Labute approximate surface area is 319 Å². The van der Waals surface area contributed by atoms with Crippen LogP contribution in [0.15, 0.2) is 139 Å². The molecule has 48 heavy (non-hydrogen) atoms. The Morgan fingerprint density at radius 3 is 1.23 bits per heavy atom. The predicted molar refractivity (Wildman–Crippen MR) is 179 cm³/mol. The summed E-state index contributed by atoms with van der Waals surface area (Å²) in [5.41, 5.74) is -0.724. The van der Waals surface area contributed by atoms with Gasteiger partial charge in [-0.3, -0.25) is 0 Å². The van der Waals surface area contributed by atoms with Crippen LogP contribution in [0.3, 0.4) is 0 Å². The molecule has 0 amide bonds. The van der Waals surface area contributed by atoms with Crippen molar-refractivity contribution in [2.24, 2.45) is 20.5 Å². The fourth-order valence-corrected chi connectivity index (χ4v) is 6.34. The van der Waals surface area contributed by atoms with Crippen LogP contribution in [0.25, 0.3) is 32.7 Å². The second kappa shape index (κ2) is 14.9. The second-order valence-corrected chi connectivity index (χ2v) is 12.7. The average Bonchev–Trinajstić information content (AvgIpc) is 3.03. The van der Waals surface area contributed by atoms with Gasteiger partial charge in [-0.25, -0.2) is 16.8 Å². The monoisotopic (exact) mass is 698 g/mol. The van der Waals surface area contributed by atoms with Crippen molar-refractivity contribution in [3.8, 4) is 22.6 Å². The van der Waals surface area contributed by atoms with Crippen molar-refractivity contribution in [2.75, 3.05) is 0 Å². The number of benzene rings is 6. The van der Waals surface area contributed by atoms with E-state index in [4.69, 9.17) is 0 Å². The number of hydrogen-bond acceptors (Lipinski definition) is 12. The first kappa shape index (κ1) is 37.3. The summed E-state index contributed by atoms with van der Waals surface area (Å²) in [6.07, 6.45) is 0. The van der Waals surface area contributed by atoms with E-state index in [1.807, 2.05) is 0 Å². The molecule has 0 spiro atoms. The van der Waals surface area contributed by atoms with Gasteiger partial charge in [-0.05, 0) is 47.2 Å². The molecule has 0 aromatic heterocycles. The molecule has 6 aromatic carbocycles. The van der Waals surface area contributed by atoms with E-state index in [9.17, 15) is 36.2 Å². The molecule has 6 aromatic rings. The molecule has 0 aliphatic rings. The van der Waals surface area contributed by atoms with E-state index in [1.165, 1.54) is 24.3 Å². The van der Waals surface area contributed by atoms with Crippen molar-refractivity contribution >= 4 is 124 Å². The Morgan fingerprint density at radius 1 is 0.479 bits per heavy atom. The molecule has 0 fully saturated rings. The van der Waals surface area contributed by atoms with Crippen molar-refractivity contribution in [3.63, 3.8) is 0 Å². The first-order valence-electron chi connectivity index (χ1n) is 13.4. The summed E-state index contributed by atoms with van der Waals surface area (Å²) >= 11 is 0. The van der Waals surface area contributed by atoms with Gasteiger partial charge in [-0.1, -0.05) is 72.8 Å². The van der Waals surface area contributed by atoms with Crippen LogP contribution in [0, 0.1) is 0 Å². The zero-order chi connectivity index (χ0) is 32.6. The van der Waals surface area contributed by atoms with E-state index in [2.05, 4.69) is 20.5 Å². The van der Waals surface area contributed by atoms with Crippen molar-refractivity contribution in [3.05, 3.63) is 109 Å². The number of phenolic OH excluding ortho intramolecular Hbond substituents is 2. The molecule has 0 saturated carbocycles. The van der Waals surface area contributed by atoms with Gasteiger partial charge in [0.2, 0.25) is 0 Å². The van der Waals surface area contributed by atoms with Crippen LogP contribution in [0.1, 0.15) is 0 Å². The van der Waals surface area contributed by atoms with Crippen LogP contribution in [0.5, 0.6) is 11.5 Å². The molecule has 6 rings (SSSR count). The summed E-state index contributed by atoms with van der Waals surface area (Å²) in [6.45, 7) is 0. The summed E-state index contributed by atoms with van der Waals surface area (Å²) in [5.74, 6) is -0.372. The third-order valence-corrected chi connectivity index (χ3v) is 8.80. The molecule has 0 aliphatic heterocycles. The Bertz CT molecular complexity index is 2300. The number of rotatable bonds is 7. The van der Waals surface area contributed by atoms with Gasteiger partial charge in [0.05, 0.1) is 21.2 Å². The van der Waals surface area contributed by atoms with Crippen molar-refractivity contribution in [2.45, 2.75) is 9.79 Å². The molecular formula is C32H20N4Na2O8S2-2. The standard InChI is InChI=1S/C32H22N4O8S2.2Na/c37-27-15-9-19-5-1-3-7-23(19)31(27)35-33-21-11-13-25(29(17-21)45(39,40)41)26-14-12-22(18-30(26)46(42,43)44)34-36-32-24-8-4-2-6-20(24)10-16-28(32)38;;/h1-18,37-38H,(H,39,40,41)(H,42,43,44);;/p-2. The number of azo groups is 2. The normalized spacial score (nSPS) is 12.0. The summed E-state index contributed by atoms with van der Waals surface area (Å²) in [7, 11) is -10.5. The van der Waals surface area contributed by atoms with Crippen LogP contribution in [-0.4, -0.2) is 95.3 Å². The van der Waals surface area contributed by atoms with Gasteiger partial charge in [-0.2, -0.15) is 10.2 Å². The maximum absolute atomic E-state index is 12.4. The zero-order valence-corrected chi connectivity index (χ0v) is 31.0. The Balaban J connectivity index is 0.00000260. The van der Waals surface area contributed by atoms with Gasteiger partial charge in [0.25, 0.3) is 0 Å². The molecule has 2 radical (unpaired) electrons. The van der Waals surface area contributed by atoms with Crippen LogP contribution in [0.4, 0.5) is 22.7 Å².